The summed E-state index contributed by atoms with van der Waals surface area (Å²) in [4.78, 5) is 4.13. The van der Waals surface area contributed by atoms with E-state index in [1.54, 1.807) is 0 Å². The summed E-state index contributed by atoms with van der Waals surface area (Å²) >= 11 is 23.4. The standard InChI is InChI=1S/2C37H43NS2.Zn/c2*1-9-17-27-25-35(33(23-15-7)31(21-13-5)29(27)19-11-3)38(37(39)40)36-26-28(18-10-2)30(20-12-4)32(22-14-6)34(36)24-16-8;/h2*9-26H,1-8H3,(H,39,40);/q;;+2/p-2/b2*17-9-,18-10-,19-11-,20-12-,21-13-,22-14-,23-15-,24-16-;. The maximum absolute atomic E-state index is 5.86. The third-order valence-corrected chi connectivity index (χ3v) is 13.3. The minimum Gasteiger partial charge on any atom is -0.411 e. The summed E-state index contributed by atoms with van der Waals surface area (Å²) in [6, 6.07) is 8.83. The van der Waals surface area contributed by atoms with Gasteiger partial charge in [0.2, 0.25) is 0 Å². The molecular formula is C74H84N2S4Zn. The summed E-state index contributed by atoms with van der Waals surface area (Å²) in [5.41, 5.74) is 21.6. The van der Waals surface area contributed by atoms with Gasteiger partial charge < -0.3 is 59.5 Å². The Hall–Kier alpha value is -6.44. The van der Waals surface area contributed by atoms with Gasteiger partial charge in [0, 0.05) is 22.3 Å². The predicted molar refractivity (Wildman–Crippen MR) is 385 cm³/mol. The van der Waals surface area contributed by atoms with Crippen molar-refractivity contribution in [1.82, 2.24) is 0 Å². The molecule has 0 radical (unpaired) electrons. The summed E-state index contributed by atoms with van der Waals surface area (Å²) in [7, 11) is 0. The number of nitrogens with zero attached hydrogens (tertiary/aromatic N) is 2. The van der Waals surface area contributed by atoms with Crippen LogP contribution in [0.2, 0.25) is 0 Å². The van der Waals surface area contributed by atoms with E-state index in [2.05, 4.69) is 228 Å². The van der Waals surface area contributed by atoms with Crippen LogP contribution in [0.3, 0.4) is 0 Å². The average molecular weight is 1200 g/mol. The fourth-order valence-corrected chi connectivity index (χ4v) is 10.6. The van der Waals surface area contributed by atoms with Gasteiger partial charge >= 0.3 is 19.5 Å². The van der Waals surface area contributed by atoms with Gasteiger partial charge in [0.25, 0.3) is 0 Å². The first-order chi connectivity index (χ1) is 38.8. The maximum Gasteiger partial charge on any atom is 2.00 e. The number of hydrogen-bond acceptors (Lipinski definition) is 4. The Balaban J connectivity index is 0.000000547. The summed E-state index contributed by atoms with van der Waals surface area (Å²) in [6.45, 7) is 32.7. The molecule has 0 saturated heterocycles. The molecule has 416 valence electrons. The van der Waals surface area contributed by atoms with E-state index in [9.17, 15) is 0 Å². The zero-order valence-electron chi connectivity index (χ0n) is 51.0. The quantitative estimate of drug-likeness (QED) is 0.0491. The van der Waals surface area contributed by atoms with Crippen LogP contribution in [-0.2, 0) is 44.7 Å². The van der Waals surface area contributed by atoms with Crippen LogP contribution < -0.4 is 9.80 Å². The van der Waals surface area contributed by atoms with Gasteiger partial charge in [-0.15, -0.1) is 0 Å². The smallest absolute Gasteiger partial charge is 0.411 e. The topological polar surface area (TPSA) is 6.48 Å². The van der Waals surface area contributed by atoms with Crippen LogP contribution in [0.15, 0.2) is 121 Å². The molecule has 0 saturated carbocycles. The van der Waals surface area contributed by atoms with Crippen molar-refractivity contribution < 1.29 is 19.5 Å². The second-order valence-electron chi connectivity index (χ2n) is 18.1. The first-order valence-electron chi connectivity index (χ1n) is 27.7. The summed E-state index contributed by atoms with van der Waals surface area (Å²) in [6.07, 6.45) is 67.8. The molecule has 0 spiro atoms. The van der Waals surface area contributed by atoms with Crippen LogP contribution in [0.25, 0.3) is 97.2 Å². The van der Waals surface area contributed by atoms with Crippen molar-refractivity contribution in [3.63, 3.8) is 0 Å². The molecule has 0 aromatic heterocycles. The first-order valence-corrected chi connectivity index (χ1v) is 29.3. The van der Waals surface area contributed by atoms with E-state index in [0.29, 0.717) is 8.64 Å². The molecule has 0 bridgehead atoms. The number of rotatable bonds is 20. The summed E-state index contributed by atoms with van der Waals surface area (Å²) in [5, 5.41) is 0. The van der Waals surface area contributed by atoms with Crippen LogP contribution in [0.1, 0.15) is 200 Å². The molecule has 4 aromatic rings. The van der Waals surface area contributed by atoms with Gasteiger partial charge in [0.1, 0.15) is 0 Å². The zero-order valence-corrected chi connectivity index (χ0v) is 57.3. The van der Waals surface area contributed by atoms with Crippen LogP contribution in [0.4, 0.5) is 22.7 Å². The molecule has 0 aliphatic carbocycles. The van der Waals surface area contributed by atoms with Crippen molar-refractivity contribution in [2.45, 2.75) is 111 Å². The molecule has 0 aliphatic rings. The fourth-order valence-electron chi connectivity index (χ4n) is 9.79. The Bertz CT molecular complexity index is 2900. The Morgan fingerprint density at radius 1 is 0.247 bits per heavy atom. The molecule has 0 heterocycles. The number of thiocarbonyl (C=S) groups is 2. The van der Waals surface area contributed by atoms with E-state index in [4.69, 9.17) is 49.7 Å². The van der Waals surface area contributed by atoms with Gasteiger partial charge in [-0.1, -0.05) is 203 Å². The molecule has 4 aromatic carbocycles. The van der Waals surface area contributed by atoms with Crippen molar-refractivity contribution in [2.75, 3.05) is 9.80 Å². The van der Waals surface area contributed by atoms with Crippen LogP contribution in [-0.4, -0.2) is 8.64 Å². The maximum atomic E-state index is 5.86. The van der Waals surface area contributed by atoms with Gasteiger partial charge in [-0.2, -0.15) is 0 Å². The van der Waals surface area contributed by atoms with Gasteiger partial charge in [0.15, 0.2) is 0 Å². The van der Waals surface area contributed by atoms with Crippen LogP contribution in [0, 0.1) is 0 Å². The third kappa shape index (κ3) is 17.8. The Morgan fingerprint density at radius 3 is 0.519 bits per heavy atom. The van der Waals surface area contributed by atoms with Crippen molar-refractivity contribution in [2.24, 2.45) is 0 Å². The number of hydrogen-bond donors (Lipinski definition) is 0. The van der Waals surface area contributed by atoms with Gasteiger partial charge in [0.05, 0.1) is 22.7 Å². The zero-order chi connectivity index (χ0) is 59.3. The van der Waals surface area contributed by atoms with E-state index >= 15 is 0 Å². The molecule has 81 heavy (non-hydrogen) atoms. The van der Waals surface area contributed by atoms with Gasteiger partial charge in [-0.05, 0) is 202 Å². The molecule has 0 atom stereocenters. The average Bonchev–Trinajstić information content (AvgIpc) is 3.55. The van der Waals surface area contributed by atoms with E-state index in [-0.39, 0.29) is 19.5 Å². The van der Waals surface area contributed by atoms with E-state index in [1.807, 2.05) is 111 Å². The minimum atomic E-state index is 0. The molecule has 4 rings (SSSR count). The normalized spacial score (nSPS) is 12.7. The Kier molecular flexibility index (Phi) is 32.8. The first kappa shape index (κ1) is 70.7. The molecule has 0 N–H and O–H groups in total. The second-order valence-corrected chi connectivity index (χ2v) is 20.2. The van der Waals surface area contributed by atoms with E-state index < -0.39 is 0 Å². The molecular weight excluding hydrogens is 1110 g/mol. The SMILES string of the molecule is C/C=C\c1cc(N(C(=S)[S-])c2cc(/C=C\C)c(/C=C\C)c(/C=C\C)c2/C=C\C)c(/C=C\C)c(/C=C\C)c1/C=C\C.C/C=C\c1cc(N(C(=S)[S-])c2cc(/C=C\C)c(/C=C\C)c(/C=C\C)c2/C=C\C)c(/C=C\C)c(/C=C\C)c1/C=C\C.[Zn+2]. The third-order valence-electron chi connectivity index (χ3n) is 12.6. The summed E-state index contributed by atoms with van der Waals surface area (Å²) < 4.78 is 0.731. The predicted octanol–water partition coefficient (Wildman–Crippen LogP) is 23.8. The molecule has 0 aliphatic heterocycles. The number of benzene rings is 4. The molecule has 0 fully saturated rings. The van der Waals surface area contributed by atoms with Crippen LogP contribution >= 0.6 is 24.4 Å². The minimum absolute atomic E-state index is 0. The molecule has 0 unspecified atom stereocenters. The van der Waals surface area contributed by atoms with Crippen molar-refractivity contribution in [3.8, 4) is 0 Å². The van der Waals surface area contributed by atoms with E-state index in [0.717, 1.165) is 112 Å². The molecule has 0 amide bonds. The monoisotopic (exact) mass is 1190 g/mol. The number of allylic oxidation sites excluding steroid dienone is 16. The fraction of sp³-hybridized carbons (Fsp3) is 0.216. The van der Waals surface area contributed by atoms with Gasteiger partial charge in [-0.25, -0.2) is 0 Å². The second kappa shape index (κ2) is 37.6. The number of anilines is 4. The van der Waals surface area contributed by atoms with Gasteiger partial charge in [-0.3, -0.25) is 0 Å². The van der Waals surface area contributed by atoms with E-state index in [1.165, 1.54) is 0 Å². The van der Waals surface area contributed by atoms with Crippen molar-refractivity contribution in [1.29, 1.82) is 0 Å². The Labute approximate surface area is 524 Å². The Morgan fingerprint density at radius 2 is 0.383 bits per heavy atom. The largest absolute Gasteiger partial charge is 2.00 e. The van der Waals surface area contributed by atoms with Crippen molar-refractivity contribution in [3.05, 3.63) is 210 Å². The molecule has 7 heteroatoms. The molecule has 2 nitrogen and oxygen atoms in total. The summed E-state index contributed by atoms with van der Waals surface area (Å²) in [5.74, 6) is 0. The van der Waals surface area contributed by atoms with Crippen molar-refractivity contribution >= 4 is 178 Å². The van der Waals surface area contributed by atoms with Crippen LogP contribution in [0.5, 0.6) is 0 Å².